The maximum Gasteiger partial charge on any atom is 0.211 e. The monoisotopic (exact) mass is 149 g/mol. The first-order valence-electron chi connectivity index (χ1n) is 2.50. The van der Waals surface area contributed by atoms with Crippen LogP contribution in [0.3, 0.4) is 0 Å². The molecule has 0 N–H and O–H groups in total. The summed E-state index contributed by atoms with van der Waals surface area (Å²) in [5.41, 5.74) is 0. The van der Waals surface area contributed by atoms with Crippen molar-refractivity contribution < 1.29 is 8.42 Å². The van der Waals surface area contributed by atoms with Gasteiger partial charge in [0, 0.05) is 13.6 Å². The summed E-state index contributed by atoms with van der Waals surface area (Å²) in [4.78, 5) is 0. The fraction of sp³-hybridized carbons (Fsp3) is 0.600. The molecule has 9 heavy (non-hydrogen) atoms. The molecule has 0 aromatic heterocycles. The van der Waals surface area contributed by atoms with Gasteiger partial charge in [-0.3, -0.25) is 0 Å². The van der Waals surface area contributed by atoms with Gasteiger partial charge in [-0.25, -0.2) is 12.7 Å². The van der Waals surface area contributed by atoms with Gasteiger partial charge < -0.3 is 0 Å². The first-order chi connectivity index (χ1) is 3.98. The Bertz CT molecular complexity index is 183. The van der Waals surface area contributed by atoms with Gasteiger partial charge in [0.05, 0.1) is 6.26 Å². The molecule has 0 spiro atoms. The van der Waals surface area contributed by atoms with Crippen molar-refractivity contribution >= 4 is 10.0 Å². The van der Waals surface area contributed by atoms with Crippen molar-refractivity contribution in [3.8, 4) is 0 Å². The molecule has 4 heteroatoms. The molecular weight excluding hydrogens is 138 g/mol. The van der Waals surface area contributed by atoms with Gasteiger partial charge in [-0.1, -0.05) is 6.08 Å². The Kier molecular flexibility index (Phi) is 2.87. The third-order valence-electron chi connectivity index (χ3n) is 0.952. The van der Waals surface area contributed by atoms with Crippen molar-refractivity contribution in [3.63, 3.8) is 0 Å². The van der Waals surface area contributed by atoms with E-state index in [-0.39, 0.29) is 0 Å². The van der Waals surface area contributed by atoms with Crippen LogP contribution in [-0.2, 0) is 10.0 Å². The summed E-state index contributed by atoms with van der Waals surface area (Å²) in [6.07, 6.45) is 2.71. The van der Waals surface area contributed by atoms with Gasteiger partial charge in [-0.05, 0) is 0 Å². The van der Waals surface area contributed by atoms with Crippen LogP contribution in [0.4, 0.5) is 0 Å². The number of rotatable bonds is 3. The van der Waals surface area contributed by atoms with E-state index in [1.165, 1.54) is 11.4 Å². The maximum absolute atomic E-state index is 10.6. The van der Waals surface area contributed by atoms with E-state index in [1.54, 1.807) is 6.08 Å². The van der Waals surface area contributed by atoms with Crippen LogP contribution in [0.25, 0.3) is 0 Å². The first kappa shape index (κ1) is 8.65. The first-order valence-corrected chi connectivity index (χ1v) is 4.35. The molecular formula is C5H11NO2S. The zero-order valence-corrected chi connectivity index (χ0v) is 6.48. The SMILES string of the molecule is C=CCN(C)S(C)(=O)=O. The molecule has 0 radical (unpaired) electrons. The Morgan fingerprint density at radius 1 is 1.67 bits per heavy atom. The lowest BCUT2D eigenvalue weighted by Crippen LogP contribution is -2.25. The van der Waals surface area contributed by atoms with E-state index < -0.39 is 10.0 Å². The highest BCUT2D eigenvalue weighted by Crippen LogP contribution is 1.90. The van der Waals surface area contributed by atoms with Gasteiger partial charge >= 0.3 is 0 Å². The number of hydrogen-bond donors (Lipinski definition) is 0. The molecule has 0 aromatic rings. The molecule has 0 unspecified atom stereocenters. The van der Waals surface area contributed by atoms with E-state index in [1.807, 2.05) is 0 Å². The highest BCUT2D eigenvalue weighted by Gasteiger charge is 2.06. The Morgan fingerprint density at radius 2 is 2.11 bits per heavy atom. The topological polar surface area (TPSA) is 37.4 Å². The fourth-order valence-electron chi connectivity index (χ4n) is 0.317. The van der Waals surface area contributed by atoms with E-state index in [9.17, 15) is 8.42 Å². The molecule has 0 aliphatic carbocycles. The van der Waals surface area contributed by atoms with Gasteiger partial charge in [0.15, 0.2) is 0 Å². The van der Waals surface area contributed by atoms with Crippen LogP contribution in [0, 0.1) is 0 Å². The summed E-state index contributed by atoms with van der Waals surface area (Å²) in [5, 5.41) is 0. The molecule has 0 heterocycles. The molecule has 0 atom stereocenters. The number of nitrogens with zero attached hydrogens (tertiary/aromatic N) is 1. The lowest BCUT2D eigenvalue weighted by Gasteiger charge is -2.09. The minimum atomic E-state index is -3.00. The van der Waals surface area contributed by atoms with Crippen LogP contribution in [0.2, 0.25) is 0 Å². The van der Waals surface area contributed by atoms with Crippen LogP contribution >= 0.6 is 0 Å². The smallest absolute Gasteiger partial charge is 0.211 e. The van der Waals surface area contributed by atoms with E-state index in [4.69, 9.17) is 0 Å². The predicted octanol–water partition coefficient (Wildman–Crippen LogP) is 0.0638. The van der Waals surface area contributed by atoms with Gasteiger partial charge in [0.25, 0.3) is 0 Å². The third-order valence-corrected chi connectivity index (χ3v) is 2.23. The Hall–Kier alpha value is -0.350. The molecule has 0 saturated heterocycles. The van der Waals surface area contributed by atoms with Gasteiger partial charge in [-0.15, -0.1) is 6.58 Å². The lowest BCUT2D eigenvalue weighted by atomic mass is 10.6. The van der Waals surface area contributed by atoms with Crippen LogP contribution in [-0.4, -0.2) is 32.6 Å². The molecule has 0 saturated carbocycles. The fourth-order valence-corrected chi connectivity index (χ4v) is 0.693. The standard InChI is InChI=1S/C5H11NO2S/c1-4-5-6(2)9(3,7)8/h4H,1,5H2,2-3H3. The van der Waals surface area contributed by atoms with Gasteiger partial charge in [0.2, 0.25) is 10.0 Å². The average molecular weight is 149 g/mol. The minimum Gasteiger partial charge on any atom is -0.213 e. The average Bonchev–Trinajstić information content (AvgIpc) is 1.64. The molecule has 0 bridgehead atoms. The second kappa shape index (κ2) is 2.98. The summed E-state index contributed by atoms with van der Waals surface area (Å²) in [7, 11) is -1.49. The minimum absolute atomic E-state index is 0.374. The summed E-state index contributed by atoms with van der Waals surface area (Å²) < 4.78 is 22.4. The second-order valence-corrected chi connectivity index (χ2v) is 3.92. The summed E-state index contributed by atoms with van der Waals surface area (Å²) in [6.45, 7) is 3.78. The molecule has 54 valence electrons. The van der Waals surface area contributed by atoms with Gasteiger partial charge in [-0.2, -0.15) is 0 Å². The zero-order chi connectivity index (χ0) is 7.49. The summed E-state index contributed by atoms with van der Waals surface area (Å²) in [6, 6.07) is 0. The lowest BCUT2D eigenvalue weighted by molar-refractivity contribution is 0.505. The number of sulfonamides is 1. The molecule has 0 amide bonds. The Morgan fingerprint density at radius 3 is 2.22 bits per heavy atom. The van der Waals surface area contributed by atoms with E-state index in [0.717, 1.165) is 6.26 Å². The summed E-state index contributed by atoms with van der Waals surface area (Å²) in [5.74, 6) is 0. The quantitative estimate of drug-likeness (QED) is 0.532. The van der Waals surface area contributed by atoms with Crippen molar-refractivity contribution in [2.75, 3.05) is 19.8 Å². The van der Waals surface area contributed by atoms with E-state index in [0.29, 0.717) is 6.54 Å². The number of hydrogen-bond acceptors (Lipinski definition) is 2. The van der Waals surface area contributed by atoms with Crippen molar-refractivity contribution in [1.29, 1.82) is 0 Å². The zero-order valence-electron chi connectivity index (χ0n) is 5.66. The second-order valence-electron chi connectivity index (χ2n) is 1.83. The summed E-state index contributed by atoms with van der Waals surface area (Å²) >= 11 is 0. The highest BCUT2D eigenvalue weighted by atomic mass is 32.2. The Labute approximate surface area is 56.0 Å². The largest absolute Gasteiger partial charge is 0.213 e. The van der Waals surface area contributed by atoms with Crippen molar-refractivity contribution in [1.82, 2.24) is 4.31 Å². The van der Waals surface area contributed by atoms with Crippen LogP contribution in [0.15, 0.2) is 12.7 Å². The van der Waals surface area contributed by atoms with Crippen molar-refractivity contribution in [2.24, 2.45) is 0 Å². The normalized spacial score (nSPS) is 11.9. The molecule has 0 rings (SSSR count). The van der Waals surface area contributed by atoms with E-state index in [2.05, 4.69) is 6.58 Å². The van der Waals surface area contributed by atoms with Crippen LogP contribution in [0.1, 0.15) is 0 Å². The molecule has 0 fully saturated rings. The van der Waals surface area contributed by atoms with Crippen molar-refractivity contribution in [2.45, 2.75) is 0 Å². The highest BCUT2D eigenvalue weighted by molar-refractivity contribution is 7.88. The number of likely N-dealkylation sites (N-methyl/N-ethyl adjacent to an activating group) is 1. The molecule has 0 aromatic carbocycles. The third kappa shape index (κ3) is 3.26. The van der Waals surface area contributed by atoms with Gasteiger partial charge in [0.1, 0.15) is 0 Å². The Balaban J connectivity index is 4.05. The maximum atomic E-state index is 10.6. The molecule has 0 aliphatic rings. The van der Waals surface area contributed by atoms with Crippen LogP contribution < -0.4 is 0 Å². The molecule has 3 nitrogen and oxygen atoms in total. The van der Waals surface area contributed by atoms with Crippen LogP contribution in [0.5, 0.6) is 0 Å². The van der Waals surface area contributed by atoms with Crippen molar-refractivity contribution in [3.05, 3.63) is 12.7 Å². The predicted molar refractivity (Wildman–Crippen MR) is 37.7 cm³/mol. The molecule has 0 aliphatic heterocycles. The van der Waals surface area contributed by atoms with E-state index >= 15 is 0 Å².